The third kappa shape index (κ3) is 4.09. The Bertz CT molecular complexity index is 175. The topological polar surface area (TPSA) is 43.4 Å². The standard InChI is InChI=1S/C5H11ClO3S/c1-3-10(7,8)9-5(2)4-6/h5H,3-4H2,1-2H3. The van der Waals surface area contributed by atoms with E-state index in [4.69, 9.17) is 11.6 Å². The maximum atomic E-state index is 10.7. The molecule has 0 aromatic rings. The van der Waals surface area contributed by atoms with E-state index in [1.165, 1.54) is 6.92 Å². The summed E-state index contributed by atoms with van der Waals surface area (Å²) < 4.78 is 26.0. The predicted octanol–water partition coefficient (Wildman–Crippen LogP) is 0.980. The van der Waals surface area contributed by atoms with Crippen molar-refractivity contribution in [2.45, 2.75) is 20.0 Å². The average Bonchev–Trinajstić information content (AvgIpc) is 1.87. The lowest BCUT2D eigenvalue weighted by molar-refractivity contribution is 0.252. The molecule has 0 aliphatic heterocycles. The number of hydrogen-bond acceptors (Lipinski definition) is 3. The molecule has 0 fully saturated rings. The Morgan fingerprint density at radius 2 is 2.10 bits per heavy atom. The number of alkyl halides is 1. The number of halogens is 1. The van der Waals surface area contributed by atoms with Crippen LogP contribution < -0.4 is 0 Å². The maximum absolute atomic E-state index is 10.7. The minimum Gasteiger partial charge on any atom is -0.266 e. The first-order valence-corrected chi connectivity index (χ1v) is 5.10. The minimum absolute atomic E-state index is 0.00573. The van der Waals surface area contributed by atoms with Gasteiger partial charge in [0.05, 0.1) is 11.9 Å². The Hall–Kier alpha value is 0.200. The molecule has 0 aliphatic rings. The smallest absolute Gasteiger partial charge is 0.266 e. The van der Waals surface area contributed by atoms with Crippen LogP contribution in [0.15, 0.2) is 0 Å². The molecule has 0 amide bonds. The first kappa shape index (κ1) is 10.2. The second-order valence-electron chi connectivity index (χ2n) is 1.91. The molecular formula is C5H11ClO3S. The highest BCUT2D eigenvalue weighted by atomic mass is 35.5. The van der Waals surface area contributed by atoms with Gasteiger partial charge in [-0.15, -0.1) is 11.6 Å². The summed E-state index contributed by atoms with van der Waals surface area (Å²) in [6.07, 6.45) is -0.424. The van der Waals surface area contributed by atoms with Crippen LogP contribution >= 0.6 is 11.6 Å². The van der Waals surface area contributed by atoms with Crippen LogP contribution in [0.3, 0.4) is 0 Å². The van der Waals surface area contributed by atoms with Gasteiger partial charge in [0.2, 0.25) is 0 Å². The van der Waals surface area contributed by atoms with Crippen molar-refractivity contribution in [3.05, 3.63) is 0 Å². The van der Waals surface area contributed by atoms with Gasteiger partial charge in [0, 0.05) is 5.88 Å². The molecule has 0 aromatic carbocycles. The third-order valence-electron chi connectivity index (χ3n) is 0.882. The Labute approximate surface area is 66.5 Å². The van der Waals surface area contributed by atoms with Gasteiger partial charge in [0.25, 0.3) is 10.1 Å². The molecule has 0 N–H and O–H groups in total. The second kappa shape index (κ2) is 4.16. The Morgan fingerprint density at radius 3 is 2.40 bits per heavy atom. The van der Waals surface area contributed by atoms with Crippen LogP contribution in [0, 0.1) is 0 Å². The van der Waals surface area contributed by atoms with Crippen LogP contribution in [0.25, 0.3) is 0 Å². The van der Waals surface area contributed by atoms with E-state index in [-0.39, 0.29) is 11.6 Å². The largest absolute Gasteiger partial charge is 0.267 e. The van der Waals surface area contributed by atoms with Crippen molar-refractivity contribution in [1.29, 1.82) is 0 Å². The Balaban J connectivity index is 3.90. The molecular weight excluding hydrogens is 176 g/mol. The van der Waals surface area contributed by atoms with Gasteiger partial charge in [0.1, 0.15) is 0 Å². The molecule has 0 bridgehead atoms. The zero-order valence-corrected chi connectivity index (χ0v) is 7.57. The molecule has 0 radical (unpaired) electrons. The molecule has 3 nitrogen and oxygen atoms in total. The van der Waals surface area contributed by atoms with Crippen molar-refractivity contribution in [2.75, 3.05) is 11.6 Å². The summed E-state index contributed by atoms with van der Waals surface area (Å²) in [6, 6.07) is 0. The van der Waals surface area contributed by atoms with Gasteiger partial charge in [-0.25, -0.2) is 0 Å². The van der Waals surface area contributed by atoms with E-state index in [1.54, 1.807) is 6.92 Å². The molecule has 10 heavy (non-hydrogen) atoms. The fraction of sp³-hybridized carbons (Fsp3) is 1.00. The molecule has 0 spiro atoms. The number of hydrogen-bond donors (Lipinski definition) is 0. The average molecular weight is 187 g/mol. The van der Waals surface area contributed by atoms with Crippen LogP contribution in [0.2, 0.25) is 0 Å². The lowest BCUT2D eigenvalue weighted by Crippen LogP contribution is -2.17. The summed E-state index contributed by atoms with van der Waals surface area (Å²) in [5.74, 6) is 0.188. The van der Waals surface area contributed by atoms with Crippen LogP contribution in [0.4, 0.5) is 0 Å². The van der Waals surface area contributed by atoms with Crippen molar-refractivity contribution in [3.8, 4) is 0 Å². The highest BCUT2D eigenvalue weighted by molar-refractivity contribution is 7.86. The van der Waals surface area contributed by atoms with E-state index >= 15 is 0 Å². The molecule has 0 saturated carbocycles. The SMILES string of the molecule is CCS(=O)(=O)OC(C)CCl. The van der Waals surface area contributed by atoms with E-state index in [9.17, 15) is 8.42 Å². The van der Waals surface area contributed by atoms with Gasteiger partial charge in [-0.1, -0.05) is 0 Å². The van der Waals surface area contributed by atoms with Crippen LogP contribution in [-0.2, 0) is 14.3 Å². The summed E-state index contributed by atoms with van der Waals surface area (Å²) in [5, 5.41) is 0. The zero-order chi connectivity index (χ0) is 8.20. The van der Waals surface area contributed by atoms with E-state index in [2.05, 4.69) is 4.18 Å². The predicted molar refractivity (Wildman–Crippen MR) is 40.7 cm³/mol. The first-order valence-electron chi connectivity index (χ1n) is 2.98. The Kier molecular flexibility index (Phi) is 4.24. The summed E-state index contributed by atoms with van der Waals surface area (Å²) in [5.41, 5.74) is 0. The summed E-state index contributed by atoms with van der Waals surface area (Å²) >= 11 is 5.33. The highest BCUT2D eigenvalue weighted by Gasteiger charge is 2.11. The molecule has 62 valence electrons. The molecule has 0 aromatic heterocycles. The van der Waals surface area contributed by atoms with Gasteiger partial charge in [-0.3, -0.25) is 4.18 Å². The quantitative estimate of drug-likeness (QED) is 0.486. The minimum atomic E-state index is -3.32. The Morgan fingerprint density at radius 1 is 1.60 bits per heavy atom. The lowest BCUT2D eigenvalue weighted by atomic mass is 10.5. The molecule has 0 heterocycles. The van der Waals surface area contributed by atoms with Crippen molar-refractivity contribution in [2.24, 2.45) is 0 Å². The fourth-order valence-electron chi connectivity index (χ4n) is 0.344. The zero-order valence-electron chi connectivity index (χ0n) is 6.00. The van der Waals surface area contributed by atoms with Gasteiger partial charge in [-0.05, 0) is 13.8 Å². The fourth-order valence-corrected chi connectivity index (χ4v) is 1.19. The van der Waals surface area contributed by atoms with Crippen molar-refractivity contribution >= 4 is 21.7 Å². The van der Waals surface area contributed by atoms with Gasteiger partial charge in [0.15, 0.2) is 0 Å². The first-order chi connectivity index (χ1) is 4.52. The molecule has 1 unspecified atom stereocenters. The second-order valence-corrected chi connectivity index (χ2v) is 4.10. The maximum Gasteiger partial charge on any atom is 0.267 e. The molecule has 0 aliphatic carbocycles. The van der Waals surface area contributed by atoms with Crippen molar-refractivity contribution in [3.63, 3.8) is 0 Å². The molecule has 5 heteroatoms. The highest BCUT2D eigenvalue weighted by Crippen LogP contribution is 2.00. The van der Waals surface area contributed by atoms with Crippen molar-refractivity contribution < 1.29 is 12.6 Å². The lowest BCUT2D eigenvalue weighted by Gasteiger charge is -2.07. The van der Waals surface area contributed by atoms with Gasteiger partial charge < -0.3 is 0 Å². The summed E-state index contributed by atoms with van der Waals surface area (Å²) in [6.45, 7) is 3.14. The molecule has 0 saturated heterocycles. The van der Waals surface area contributed by atoms with Crippen molar-refractivity contribution in [1.82, 2.24) is 0 Å². The summed E-state index contributed by atoms with van der Waals surface area (Å²) in [4.78, 5) is 0. The van der Waals surface area contributed by atoms with E-state index in [1.807, 2.05) is 0 Å². The van der Waals surface area contributed by atoms with E-state index in [0.29, 0.717) is 0 Å². The third-order valence-corrected chi connectivity index (χ3v) is 2.65. The van der Waals surface area contributed by atoms with Gasteiger partial charge in [-0.2, -0.15) is 8.42 Å². The number of rotatable bonds is 4. The molecule has 0 rings (SSSR count). The van der Waals surface area contributed by atoms with Gasteiger partial charge >= 0.3 is 0 Å². The van der Waals surface area contributed by atoms with E-state index in [0.717, 1.165) is 0 Å². The normalized spacial score (nSPS) is 15.1. The van der Waals surface area contributed by atoms with Crippen LogP contribution in [-0.4, -0.2) is 26.2 Å². The monoisotopic (exact) mass is 186 g/mol. The summed E-state index contributed by atoms with van der Waals surface area (Å²) in [7, 11) is -3.32. The van der Waals surface area contributed by atoms with E-state index < -0.39 is 16.2 Å². The van der Waals surface area contributed by atoms with Crippen LogP contribution in [0.1, 0.15) is 13.8 Å². The molecule has 1 atom stereocenters. The van der Waals surface area contributed by atoms with Crippen LogP contribution in [0.5, 0.6) is 0 Å².